The van der Waals surface area contributed by atoms with Gasteiger partial charge in [-0.1, -0.05) is 72.8 Å². The second-order valence-electron chi connectivity index (χ2n) is 6.50. The molecule has 2 atom stereocenters. The molecule has 4 rings (SSSR count). The van der Waals surface area contributed by atoms with E-state index in [0.717, 1.165) is 12.2 Å². The number of allylic oxidation sites excluding steroid dienone is 2. The fraction of sp³-hybridized carbons (Fsp3) is 0.190. The molecule has 2 aromatic carbocycles. The van der Waals surface area contributed by atoms with Crippen molar-refractivity contribution in [1.82, 2.24) is 0 Å². The maximum Gasteiger partial charge on any atom is 0.286 e. The fourth-order valence-electron chi connectivity index (χ4n) is 3.61. The van der Waals surface area contributed by atoms with Gasteiger partial charge in [-0.15, -0.1) is 0 Å². The summed E-state index contributed by atoms with van der Waals surface area (Å²) in [5.41, 5.74) is -0.0515. The number of carbonyl (C=O) groups excluding carboxylic acids is 1. The zero-order valence-corrected chi connectivity index (χ0v) is 13.5. The van der Waals surface area contributed by atoms with Gasteiger partial charge in [0.15, 0.2) is 5.78 Å². The Balaban J connectivity index is 1.74. The third-order valence-corrected chi connectivity index (χ3v) is 4.97. The van der Waals surface area contributed by atoms with E-state index in [4.69, 9.17) is 0 Å². The summed E-state index contributed by atoms with van der Waals surface area (Å²) < 4.78 is 59.5. The molecule has 0 radical (unpaired) electrons. The highest BCUT2D eigenvalue weighted by molar-refractivity contribution is 5.92. The van der Waals surface area contributed by atoms with E-state index in [-0.39, 0.29) is 22.3 Å². The minimum Gasteiger partial charge on any atom is -0.298 e. The van der Waals surface area contributed by atoms with E-state index in [0.29, 0.717) is 0 Å². The molecule has 5 heteroatoms. The van der Waals surface area contributed by atoms with E-state index in [1.807, 2.05) is 0 Å². The summed E-state index contributed by atoms with van der Waals surface area (Å²) in [5, 5.41) is 0. The number of Topliss-reactive ketones (excluding diaryl/α,β-unsaturated/α-hetero) is 1. The van der Waals surface area contributed by atoms with Crippen LogP contribution < -0.4 is 0 Å². The lowest BCUT2D eigenvalue weighted by Gasteiger charge is -2.34. The van der Waals surface area contributed by atoms with Crippen molar-refractivity contribution in [2.24, 2.45) is 11.8 Å². The van der Waals surface area contributed by atoms with Crippen LogP contribution in [0.25, 0.3) is 12.2 Å². The molecular formula is C21H14F4O. The smallest absolute Gasteiger partial charge is 0.286 e. The summed E-state index contributed by atoms with van der Waals surface area (Å²) in [4.78, 5) is 12.7. The van der Waals surface area contributed by atoms with Gasteiger partial charge in [0, 0.05) is 11.1 Å². The zero-order chi connectivity index (χ0) is 18.5. The Kier molecular flexibility index (Phi) is 3.65. The highest BCUT2D eigenvalue weighted by Gasteiger charge is 2.54. The molecule has 1 nitrogen and oxygen atoms in total. The molecule has 2 unspecified atom stereocenters. The third kappa shape index (κ3) is 2.34. The van der Waals surface area contributed by atoms with Crippen molar-refractivity contribution in [3.05, 3.63) is 82.9 Å². The molecule has 0 N–H and O–H groups in total. The summed E-state index contributed by atoms with van der Waals surface area (Å²) >= 11 is 0. The lowest BCUT2D eigenvalue weighted by molar-refractivity contribution is -0.149. The van der Waals surface area contributed by atoms with E-state index < -0.39 is 29.5 Å². The maximum absolute atomic E-state index is 14.9. The molecule has 0 spiro atoms. The Morgan fingerprint density at radius 2 is 1.08 bits per heavy atom. The molecule has 0 aliphatic heterocycles. The van der Waals surface area contributed by atoms with Crippen LogP contribution in [0.3, 0.4) is 0 Å². The molecule has 0 saturated heterocycles. The van der Waals surface area contributed by atoms with Crippen molar-refractivity contribution in [1.29, 1.82) is 0 Å². The Labute approximate surface area is 147 Å². The van der Waals surface area contributed by atoms with Gasteiger partial charge in [0.25, 0.3) is 11.8 Å². The zero-order valence-electron chi connectivity index (χ0n) is 13.5. The Morgan fingerprint density at radius 1 is 0.692 bits per heavy atom. The third-order valence-electron chi connectivity index (χ3n) is 4.97. The Morgan fingerprint density at radius 3 is 1.50 bits per heavy atom. The average molecular weight is 358 g/mol. The first kappa shape index (κ1) is 16.8. The molecule has 2 aliphatic carbocycles. The normalized spacial score (nSPS) is 24.6. The van der Waals surface area contributed by atoms with Crippen LogP contribution in [-0.4, -0.2) is 5.78 Å². The number of benzene rings is 2. The second kappa shape index (κ2) is 5.66. The Bertz CT molecular complexity index is 867. The number of ketones is 1. The summed E-state index contributed by atoms with van der Waals surface area (Å²) in [6, 6.07) is 11.6. The quantitative estimate of drug-likeness (QED) is 0.655. The van der Waals surface area contributed by atoms with E-state index in [9.17, 15) is 22.4 Å². The van der Waals surface area contributed by atoms with E-state index in [1.165, 1.54) is 48.6 Å². The molecule has 2 aromatic rings. The molecular weight excluding hydrogens is 344 g/mol. The molecule has 0 fully saturated rings. The first-order valence-corrected chi connectivity index (χ1v) is 8.18. The summed E-state index contributed by atoms with van der Waals surface area (Å²) in [6.45, 7) is 0. The predicted octanol–water partition coefficient (Wildman–Crippen LogP) is 5.43. The van der Waals surface area contributed by atoms with Gasteiger partial charge < -0.3 is 0 Å². The van der Waals surface area contributed by atoms with Crippen LogP contribution in [0, 0.1) is 11.8 Å². The number of carbonyl (C=O) groups is 1. The standard InChI is InChI=1S/C21H14F4O/c22-20(23)15-7-3-1-5-13(15)9-11-17(20)19(26)18-12-10-14-6-2-4-8-16(14)21(18,24)25/h1-12,17-18H. The number of hydrogen-bond donors (Lipinski definition) is 0. The predicted molar refractivity (Wildman–Crippen MR) is 90.7 cm³/mol. The van der Waals surface area contributed by atoms with Gasteiger partial charge in [-0.2, -0.15) is 0 Å². The molecule has 2 aliphatic rings. The van der Waals surface area contributed by atoms with Crippen molar-refractivity contribution in [3.8, 4) is 0 Å². The van der Waals surface area contributed by atoms with Crippen molar-refractivity contribution >= 4 is 17.9 Å². The molecule has 0 saturated carbocycles. The van der Waals surface area contributed by atoms with Crippen LogP contribution in [0.15, 0.2) is 60.7 Å². The van der Waals surface area contributed by atoms with Gasteiger partial charge in [-0.25, -0.2) is 17.6 Å². The number of rotatable bonds is 2. The molecule has 0 heterocycles. The molecule has 0 amide bonds. The molecule has 132 valence electrons. The number of hydrogen-bond acceptors (Lipinski definition) is 1. The van der Waals surface area contributed by atoms with Crippen molar-refractivity contribution in [2.75, 3.05) is 0 Å². The van der Waals surface area contributed by atoms with Crippen LogP contribution in [-0.2, 0) is 16.6 Å². The van der Waals surface area contributed by atoms with Gasteiger partial charge in [0.1, 0.15) is 11.8 Å². The van der Waals surface area contributed by atoms with Crippen LogP contribution in [0.1, 0.15) is 22.3 Å². The van der Waals surface area contributed by atoms with E-state index in [2.05, 4.69) is 0 Å². The highest BCUT2D eigenvalue weighted by Crippen LogP contribution is 2.49. The van der Waals surface area contributed by atoms with Gasteiger partial charge in [-0.05, 0) is 11.1 Å². The van der Waals surface area contributed by atoms with Crippen LogP contribution >= 0.6 is 0 Å². The largest absolute Gasteiger partial charge is 0.298 e. The monoisotopic (exact) mass is 358 g/mol. The van der Waals surface area contributed by atoms with Crippen molar-refractivity contribution < 1.29 is 22.4 Å². The van der Waals surface area contributed by atoms with Crippen molar-refractivity contribution in [2.45, 2.75) is 11.8 Å². The minimum atomic E-state index is -3.54. The topological polar surface area (TPSA) is 17.1 Å². The lowest BCUT2D eigenvalue weighted by atomic mass is 9.75. The second-order valence-corrected chi connectivity index (χ2v) is 6.50. The Hall–Kier alpha value is -2.69. The summed E-state index contributed by atoms with van der Waals surface area (Å²) in [5.74, 6) is -12.1. The van der Waals surface area contributed by atoms with Gasteiger partial charge in [0.2, 0.25) is 0 Å². The molecule has 0 bridgehead atoms. The van der Waals surface area contributed by atoms with Crippen LogP contribution in [0.2, 0.25) is 0 Å². The number of halogens is 4. The van der Waals surface area contributed by atoms with E-state index in [1.54, 1.807) is 12.1 Å². The maximum atomic E-state index is 14.9. The minimum absolute atomic E-state index is 0.290. The fourth-order valence-corrected chi connectivity index (χ4v) is 3.61. The van der Waals surface area contributed by atoms with Crippen molar-refractivity contribution in [3.63, 3.8) is 0 Å². The molecule has 0 aromatic heterocycles. The number of fused-ring (bicyclic) bond motifs is 2. The first-order valence-electron chi connectivity index (χ1n) is 8.18. The summed E-state index contributed by atoms with van der Waals surface area (Å²) in [7, 11) is 0. The highest BCUT2D eigenvalue weighted by atomic mass is 19.3. The van der Waals surface area contributed by atoms with Crippen LogP contribution in [0.5, 0.6) is 0 Å². The van der Waals surface area contributed by atoms with Gasteiger partial charge >= 0.3 is 0 Å². The van der Waals surface area contributed by atoms with E-state index >= 15 is 0 Å². The molecule has 26 heavy (non-hydrogen) atoms. The SMILES string of the molecule is O=C(C1C=Cc2ccccc2C1(F)F)C1C=Cc2ccccc2C1(F)F. The lowest BCUT2D eigenvalue weighted by Crippen LogP contribution is -2.42. The summed E-state index contributed by atoms with van der Waals surface area (Å²) in [6.07, 6.45) is 4.87. The number of alkyl halides is 4. The van der Waals surface area contributed by atoms with Gasteiger partial charge in [0.05, 0.1) is 0 Å². The van der Waals surface area contributed by atoms with Crippen LogP contribution in [0.4, 0.5) is 17.6 Å². The average Bonchev–Trinajstić information content (AvgIpc) is 2.61. The first-order chi connectivity index (χ1) is 12.3. The van der Waals surface area contributed by atoms with Gasteiger partial charge in [-0.3, -0.25) is 4.79 Å².